The Morgan fingerprint density at radius 1 is 1.14 bits per heavy atom. The Balaban J connectivity index is 1.55. The number of thiazole rings is 1. The smallest absolute Gasteiger partial charge is 0.230 e. The van der Waals surface area contributed by atoms with Gasteiger partial charge in [-0.15, -0.1) is 11.3 Å². The van der Waals surface area contributed by atoms with E-state index < -0.39 is 0 Å². The predicted octanol–water partition coefficient (Wildman–Crippen LogP) is 4.57. The molecule has 4 aromatic rings. The summed E-state index contributed by atoms with van der Waals surface area (Å²) in [4.78, 5) is 18.2. The molecule has 0 atom stereocenters. The van der Waals surface area contributed by atoms with E-state index in [-0.39, 0.29) is 12.3 Å². The van der Waals surface area contributed by atoms with Gasteiger partial charge in [0, 0.05) is 34.6 Å². The van der Waals surface area contributed by atoms with E-state index in [2.05, 4.69) is 10.3 Å². The number of aryl methyl sites for hydroxylation is 1. The van der Waals surface area contributed by atoms with Crippen molar-refractivity contribution in [1.82, 2.24) is 9.38 Å². The molecule has 0 aliphatic rings. The van der Waals surface area contributed by atoms with Gasteiger partial charge in [0.15, 0.2) is 16.5 Å². The molecule has 0 bridgehead atoms. The zero-order chi connectivity index (χ0) is 20.4. The minimum absolute atomic E-state index is 0.102. The quantitative estimate of drug-likeness (QED) is 0.509. The lowest BCUT2D eigenvalue weighted by atomic mass is 10.1. The van der Waals surface area contributed by atoms with Gasteiger partial charge in [0.2, 0.25) is 5.91 Å². The van der Waals surface area contributed by atoms with Crippen molar-refractivity contribution in [2.75, 3.05) is 19.5 Å². The predicted molar refractivity (Wildman–Crippen MR) is 115 cm³/mol. The molecule has 2 aromatic heterocycles. The zero-order valence-corrected chi connectivity index (χ0v) is 17.2. The molecule has 2 heterocycles. The fraction of sp³-hybridized carbons (Fsp3) is 0.182. The summed E-state index contributed by atoms with van der Waals surface area (Å²) >= 11 is 1.53. The molecule has 7 heteroatoms. The van der Waals surface area contributed by atoms with Gasteiger partial charge in [-0.2, -0.15) is 0 Å². The number of fused-ring (bicyclic) bond motifs is 1. The van der Waals surface area contributed by atoms with Crippen LogP contribution >= 0.6 is 11.3 Å². The summed E-state index contributed by atoms with van der Waals surface area (Å²) in [7, 11) is 3.16. The minimum Gasteiger partial charge on any atom is -0.493 e. The summed E-state index contributed by atoms with van der Waals surface area (Å²) in [5.41, 5.74) is 4.46. The van der Waals surface area contributed by atoms with Crippen LogP contribution in [0.25, 0.3) is 16.2 Å². The Morgan fingerprint density at radius 3 is 2.59 bits per heavy atom. The number of nitrogens with one attached hydrogen (secondary N) is 1. The Morgan fingerprint density at radius 2 is 1.86 bits per heavy atom. The van der Waals surface area contributed by atoms with Crippen LogP contribution in [-0.2, 0) is 11.2 Å². The Kier molecular flexibility index (Phi) is 5.22. The third-order valence-corrected chi connectivity index (χ3v) is 5.59. The number of imidazole rings is 1. The molecular formula is C22H21N3O3S. The average Bonchev–Trinajstić information content (AvgIpc) is 3.32. The lowest BCUT2D eigenvalue weighted by molar-refractivity contribution is -0.115. The number of methoxy groups -OCH3 is 2. The first kappa shape index (κ1) is 19.0. The van der Waals surface area contributed by atoms with Crippen molar-refractivity contribution in [1.29, 1.82) is 0 Å². The molecule has 0 saturated heterocycles. The number of benzene rings is 2. The number of ether oxygens (including phenoxy) is 2. The Labute approximate surface area is 172 Å². The van der Waals surface area contributed by atoms with Gasteiger partial charge >= 0.3 is 0 Å². The fourth-order valence-corrected chi connectivity index (χ4v) is 4.05. The third-order valence-electron chi connectivity index (χ3n) is 4.70. The van der Waals surface area contributed by atoms with Gasteiger partial charge in [-0.1, -0.05) is 30.3 Å². The van der Waals surface area contributed by atoms with E-state index in [4.69, 9.17) is 9.47 Å². The fourth-order valence-electron chi connectivity index (χ4n) is 3.18. The largest absolute Gasteiger partial charge is 0.493 e. The molecule has 0 unspecified atom stereocenters. The number of nitrogens with zero attached hydrogens (tertiary/aromatic N) is 2. The van der Waals surface area contributed by atoms with Gasteiger partial charge < -0.3 is 14.8 Å². The van der Waals surface area contributed by atoms with Crippen LogP contribution in [0.15, 0.2) is 54.0 Å². The number of anilines is 1. The number of carbonyl (C=O) groups excluding carboxylic acids is 1. The van der Waals surface area contributed by atoms with Crippen LogP contribution in [0.5, 0.6) is 11.5 Å². The topological polar surface area (TPSA) is 64.9 Å². The highest BCUT2D eigenvalue weighted by atomic mass is 32.1. The average molecular weight is 407 g/mol. The van der Waals surface area contributed by atoms with Gasteiger partial charge in [-0.05, 0) is 18.6 Å². The van der Waals surface area contributed by atoms with Gasteiger partial charge in [0.05, 0.1) is 26.3 Å². The molecule has 0 fully saturated rings. The summed E-state index contributed by atoms with van der Waals surface area (Å²) in [6, 6.07) is 13.6. The molecule has 6 nitrogen and oxygen atoms in total. The van der Waals surface area contributed by atoms with Crippen LogP contribution in [0.4, 0.5) is 5.69 Å². The first-order valence-electron chi connectivity index (χ1n) is 9.12. The van der Waals surface area contributed by atoms with Crippen molar-refractivity contribution in [3.63, 3.8) is 0 Å². The number of carbonyl (C=O) groups is 1. The summed E-state index contributed by atoms with van der Waals surface area (Å²) in [5.74, 6) is 1.11. The standard InChI is InChI=1S/C22H21N3O3S/c1-14-9-19(27-2)20(28-3)11-17(14)23-21(26)10-16-13-29-22-24-18(12-25(16)22)15-7-5-4-6-8-15/h4-9,11-13H,10H2,1-3H3,(H,23,26). The van der Waals surface area contributed by atoms with Crippen molar-refractivity contribution in [2.24, 2.45) is 0 Å². The third kappa shape index (κ3) is 3.82. The van der Waals surface area contributed by atoms with E-state index in [9.17, 15) is 4.79 Å². The lowest BCUT2D eigenvalue weighted by Gasteiger charge is -2.13. The maximum atomic E-state index is 12.7. The number of hydrogen-bond donors (Lipinski definition) is 1. The van der Waals surface area contributed by atoms with Crippen molar-refractivity contribution in [3.05, 3.63) is 65.3 Å². The Hall–Kier alpha value is -3.32. The molecule has 1 amide bonds. The maximum Gasteiger partial charge on any atom is 0.230 e. The molecule has 1 N–H and O–H groups in total. The van der Waals surface area contributed by atoms with Crippen molar-refractivity contribution in [2.45, 2.75) is 13.3 Å². The van der Waals surface area contributed by atoms with Crippen molar-refractivity contribution >= 4 is 27.9 Å². The second-order valence-electron chi connectivity index (χ2n) is 6.62. The summed E-state index contributed by atoms with van der Waals surface area (Å²) in [5, 5.41) is 4.94. The van der Waals surface area contributed by atoms with E-state index >= 15 is 0 Å². The SMILES string of the molecule is COc1cc(C)c(NC(=O)Cc2csc3nc(-c4ccccc4)cn23)cc1OC. The number of rotatable bonds is 6. The maximum absolute atomic E-state index is 12.7. The number of aromatic nitrogens is 2. The van der Waals surface area contributed by atoms with Gasteiger partial charge in [0.1, 0.15) is 0 Å². The Bertz CT molecular complexity index is 1160. The molecule has 0 saturated carbocycles. The highest BCUT2D eigenvalue weighted by Crippen LogP contribution is 2.33. The van der Waals surface area contributed by atoms with Crippen LogP contribution in [0, 0.1) is 6.92 Å². The summed E-state index contributed by atoms with van der Waals surface area (Å²) < 4.78 is 12.6. The van der Waals surface area contributed by atoms with Gasteiger partial charge in [-0.3, -0.25) is 9.20 Å². The van der Waals surface area contributed by atoms with Gasteiger partial charge in [-0.25, -0.2) is 4.98 Å². The van der Waals surface area contributed by atoms with E-state index in [0.29, 0.717) is 17.2 Å². The first-order valence-corrected chi connectivity index (χ1v) is 10.0. The molecular weight excluding hydrogens is 386 g/mol. The van der Waals surface area contributed by atoms with Crippen molar-refractivity contribution in [3.8, 4) is 22.8 Å². The van der Waals surface area contributed by atoms with E-state index in [1.807, 2.05) is 59.3 Å². The molecule has 4 rings (SSSR count). The molecule has 29 heavy (non-hydrogen) atoms. The van der Waals surface area contributed by atoms with Crippen LogP contribution in [0.3, 0.4) is 0 Å². The highest BCUT2D eigenvalue weighted by molar-refractivity contribution is 7.15. The van der Waals surface area contributed by atoms with Crippen molar-refractivity contribution < 1.29 is 14.3 Å². The summed E-state index contributed by atoms with van der Waals surface area (Å²) in [6.45, 7) is 1.92. The lowest BCUT2D eigenvalue weighted by Crippen LogP contribution is -2.16. The molecule has 148 valence electrons. The second-order valence-corrected chi connectivity index (χ2v) is 7.46. The van der Waals surface area contributed by atoms with E-state index in [1.54, 1.807) is 20.3 Å². The molecule has 0 aliphatic heterocycles. The zero-order valence-electron chi connectivity index (χ0n) is 16.4. The second kappa shape index (κ2) is 7.97. The minimum atomic E-state index is -0.102. The molecule has 0 radical (unpaired) electrons. The van der Waals surface area contributed by atoms with Crippen LogP contribution in [0.2, 0.25) is 0 Å². The van der Waals surface area contributed by atoms with Crippen LogP contribution < -0.4 is 14.8 Å². The van der Waals surface area contributed by atoms with Gasteiger partial charge in [0.25, 0.3) is 0 Å². The summed E-state index contributed by atoms with van der Waals surface area (Å²) in [6.07, 6.45) is 2.23. The van der Waals surface area contributed by atoms with Crippen LogP contribution in [-0.4, -0.2) is 29.5 Å². The normalized spacial score (nSPS) is 10.9. The highest BCUT2D eigenvalue weighted by Gasteiger charge is 2.15. The molecule has 0 aliphatic carbocycles. The molecule has 0 spiro atoms. The number of hydrogen-bond acceptors (Lipinski definition) is 5. The monoisotopic (exact) mass is 407 g/mol. The first-order chi connectivity index (χ1) is 14.1. The van der Waals surface area contributed by atoms with E-state index in [1.165, 1.54) is 11.3 Å². The number of amides is 1. The molecule has 2 aromatic carbocycles. The van der Waals surface area contributed by atoms with E-state index in [0.717, 1.165) is 27.5 Å². The van der Waals surface area contributed by atoms with Crippen LogP contribution in [0.1, 0.15) is 11.3 Å².